The van der Waals surface area contributed by atoms with Gasteiger partial charge in [-0.15, -0.1) is 0 Å². The molecular weight excluding hydrogens is 267 g/mol. The lowest BCUT2D eigenvalue weighted by Gasteiger charge is -2.04. The first-order valence-electron chi connectivity index (χ1n) is 3.60. The number of halogens is 2. The van der Waals surface area contributed by atoms with Crippen LogP contribution in [0.2, 0.25) is 5.02 Å². The third-order valence-corrected chi connectivity index (χ3v) is 2.38. The van der Waals surface area contributed by atoms with Gasteiger partial charge in [0.25, 0.3) is 0 Å². The van der Waals surface area contributed by atoms with E-state index in [1.165, 1.54) is 6.08 Å². The maximum absolute atomic E-state index is 10.0. The van der Waals surface area contributed by atoms with Crippen molar-refractivity contribution in [1.82, 2.24) is 0 Å². The Bertz CT molecular complexity index is 435. The second-order valence-electron chi connectivity index (χ2n) is 2.42. The molecule has 0 saturated heterocycles. The summed E-state index contributed by atoms with van der Waals surface area (Å²) in [7, 11) is 0. The summed E-state index contributed by atoms with van der Waals surface area (Å²) in [4.78, 5) is 13.4. The molecule has 0 aromatic heterocycles. The molecule has 0 heterocycles. The summed E-state index contributed by atoms with van der Waals surface area (Å²) in [6.45, 7) is 0. The fourth-order valence-electron chi connectivity index (χ4n) is 0.944. The van der Waals surface area contributed by atoms with Gasteiger partial charge in [-0.3, -0.25) is 0 Å². The summed E-state index contributed by atoms with van der Waals surface area (Å²) in [5.74, 6) is 0. The number of carbonyl (C=O) groups excluding carboxylic acids is 1. The van der Waals surface area contributed by atoms with E-state index < -0.39 is 6.04 Å². The van der Waals surface area contributed by atoms with Crippen LogP contribution in [0, 0.1) is 11.3 Å². The summed E-state index contributed by atoms with van der Waals surface area (Å²) in [5, 5.41) is 9.10. The van der Waals surface area contributed by atoms with Gasteiger partial charge in [-0.1, -0.05) is 33.6 Å². The van der Waals surface area contributed by atoms with Gasteiger partial charge in [0.1, 0.15) is 0 Å². The van der Waals surface area contributed by atoms with Gasteiger partial charge >= 0.3 is 0 Å². The molecule has 0 aliphatic heterocycles. The fraction of sp³-hybridized carbons (Fsp3) is 0.111. The zero-order chi connectivity index (χ0) is 10.6. The number of nitriles is 1. The summed E-state index contributed by atoms with van der Waals surface area (Å²) in [5.41, 5.74) is 0.501. The highest BCUT2D eigenvalue weighted by atomic mass is 79.9. The number of isocyanates is 1. The molecule has 1 atom stereocenters. The molecule has 5 heteroatoms. The Morgan fingerprint density at radius 1 is 1.57 bits per heavy atom. The first-order valence-corrected chi connectivity index (χ1v) is 4.77. The Balaban J connectivity index is 3.18. The molecule has 0 aliphatic rings. The van der Waals surface area contributed by atoms with Crippen molar-refractivity contribution in [3.05, 3.63) is 33.3 Å². The van der Waals surface area contributed by atoms with Gasteiger partial charge in [-0.25, -0.2) is 4.79 Å². The second kappa shape index (κ2) is 4.92. The minimum atomic E-state index is -0.881. The van der Waals surface area contributed by atoms with Crippen LogP contribution in [0.4, 0.5) is 0 Å². The Kier molecular flexibility index (Phi) is 3.84. The maximum atomic E-state index is 10.0. The number of benzene rings is 1. The molecule has 1 rings (SSSR count). The third kappa shape index (κ3) is 2.43. The highest BCUT2D eigenvalue weighted by Gasteiger charge is 2.12. The zero-order valence-corrected chi connectivity index (χ0v) is 9.21. The molecule has 1 aromatic rings. The monoisotopic (exact) mass is 270 g/mol. The summed E-state index contributed by atoms with van der Waals surface area (Å²) >= 11 is 9.10. The predicted molar refractivity (Wildman–Crippen MR) is 55.6 cm³/mol. The lowest BCUT2D eigenvalue weighted by molar-refractivity contribution is 0.561. The van der Waals surface area contributed by atoms with Gasteiger partial charge in [0.2, 0.25) is 6.08 Å². The van der Waals surface area contributed by atoms with Crippen molar-refractivity contribution in [2.45, 2.75) is 6.04 Å². The minimum absolute atomic E-state index is 0.393. The SMILES string of the molecule is N#CC(N=C=O)c1ccc(Br)cc1Cl. The molecule has 0 fully saturated rings. The predicted octanol–water partition coefficient (Wildman–Crippen LogP) is 3.00. The van der Waals surface area contributed by atoms with E-state index in [2.05, 4.69) is 20.9 Å². The van der Waals surface area contributed by atoms with Crippen LogP contribution in [-0.2, 0) is 4.79 Å². The summed E-state index contributed by atoms with van der Waals surface area (Å²) in [6.07, 6.45) is 1.34. The largest absolute Gasteiger partial charge is 0.236 e. The average molecular weight is 272 g/mol. The van der Waals surface area contributed by atoms with Crippen molar-refractivity contribution >= 4 is 33.6 Å². The van der Waals surface area contributed by atoms with Crippen LogP contribution in [0.25, 0.3) is 0 Å². The minimum Gasteiger partial charge on any atom is -0.211 e. The first-order chi connectivity index (χ1) is 6.69. The molecule has 14 heavy (non-hydrogen) atoms. The van der Waals surface area contributed by atoms with Crippen molar-refractivity contribution < 1.29 is 4.79 Å². The molecule has 0 bridgehead atoms. The molecule has 1 unspecified atom stereocenters. The van der Waals surface area contributed by atoms with E-state index in [1.54, 1.807) is 18.2 Å². The van der Waals surface area contributed by atoms with Gasteiger partial charge in [0.05, 0.1) is 6.07 Å². The highest BCUT2D eigenvalue weighted by Crippen LogP contribution is 2.27. The molecule has 0 aliphatic carbocycles. The molecule has 0 saturated carbocycles. The first kappa shape index (κ1) is 10.9. The maximum Gasteiger partial charge on any atom is 0.236 e. The van der Waals surface area contributed by atoms with E-state index in [1.807, 2.05) is 6.07 Å². The Labute approximate surface area is 94.1 Å². The summed E-state index contributed by atoms with van der Waals surface area (Å²) < 4.78 is 0.804. The molecule has 0 N–H and O–H groups in total. The lowest BCUT2D eigenvalue weighted by atomic mass is 10.1. The van der Waals surface area contributed by atoms with Crippen LogP contribution in [0.15, 0.2) is 27.7 Å². The standard InChI is InChI=1S/C9H4BrClN2O/c10-6-1-2-7(8(11)3-6)9(4-12)13-5-14/h1-3,9H. The number of hydrogen-bond donors (Lipinski definition) is 0. The van der Waals surface area contributed by atoms with E-state index >= 15 is 0 Å². The summed E-state index contributed by atoms with van der Waals surface area (Å²) in [6, 6.07) is 5.98. The normalized spacial score (nSPS) is 11.2. The van der Waals surface area contributed by atoms with Crippen molar-refractivity contribution in [2.75, 3.05) is 0 Å². The van der Waals surface area contributed by atoms with E-state index in [-0.39, 0.29) is 0 Å². The van der Waals surface area contributed by atoms with Crippen molar-refractivity contribution in [1.29, 1.82) is 5.26 Å². The smallest absolute Gasteiger partial charge is 0.211 e. The molecular formula is C9H4BrClN2O. The Morgan fingerprint density at radius 2 is 2.29 bits per heavy atom. The van der Waals surface area contributed by atoms with E-state index in [0.29, 0.717) is 10.6 Å². The lowest BCUT2D eigenvalue weighted by Crippen LogP contribution is -1.92. The van der Waals surface area contributed by atoms with Gasteiger partial charge in [0.15, 0.2) is 6.04 Å². The third-order valence-electron chi connectivity index (χ3n) is 1.56. The number of hydrogen-bond acceptors (Lipinski definition) is 3. The van der Waals surface area contributed by atoms with Gasteiger partial charge in [-0.2, -0.15) is 10.3 Å². The topological polar surface area (TPSA) is 53.2 Å². The number of aliphatic imine (C=N–C) groups is 1. The van der Waals surface area contributed by atoms with E-state index in [9.17, 15) is 4.79 Å². The molecule has 70 valence electrons. The molecule has 3 nitrogen and oxygen atoms in total. The van der Waals surface area contributed by atoms with E-state index in [0.717, 1.165) is 4.47 Å². The van der Waals surface area contributed by atoms with E-state index in [4.69, 9.17) is 16.9 Å². The van der Waals surface area contributed by atoms with Crippen molar-refractivity contribution in [2.24, 2.45) is 4.99 Å². The molecule has 0 radical (unpaired) electrons. The van der Waals surface area contributed by atoms with Crippen LogP contribution in [0.5, 0.6) is 0 Å². The number of rotatable bonds is 2. The molecule has 0 spiro atoms. The second-order valence-corrected chi connectivity index (χ2v) is 3.74. The van der Waals surface area contributed by atoms with Crippen LogP contribution < -0.4 is 0 Å². The van der Waals surface area contributed by atoms with Crippen molar-refractivity contribution in [3.8, 4) is 6.07 Å². The van der Waals surface area contributed by atoms with Crippen LogP contribution >= 0.6 is 27.5 Å². The number of nitrogens with zero attached hydrogens (tertiary/aromatic N) is 2. The average Bonchev–Trinajstić information content (AvgIpc) is 2.15. The molecule has 0 amide bonds. The van der Waals surface area contributed by atoms with Gasteiger partial charge in [-0.05, 0) is 12.1 Å². The fourth-order valence-corrected chi connectivity index (χ4v) is 1.72. The highest BCUT2D eigenvalue weighted by molar-refractivity contribution is 9.10. The van der Waals surface area contributed by atoms with Crippen LogP contribution in [0.1, 0.15) is 11.6 Å². The quantitative estimate of drug-likeness (QED) is 0.613. The zero-order valence-electron chi connectivity index (χ0n) is 6.87. The van der Waals surface area contributed by atoms with Crippen LogP contribution in [0.3, 0.4) is 0 Å². The Morgan fingerprint density at radius 3 is 2.79 bits per heavy atom. The molecule has 1 aromatic carbocycles. The Hall–Kier alpha value is -1.14. The van der Waals surface area contributed by atoms with Crippen molar-refractivity contribution in [3.63, 3.8) is 0 Å². The van der Waals surface area contributed by atoms with Crippen LogP contribution in [-0.4, -0.2) is 6.08 Å². The van der Waals surface area contributed by atoms with Gasteiger partial charge in [0, 0.05) is 15.1 Å². The van der Waals surface area contributed by atoms with Gasteiger partial charge < -0.3 is 0 Å².